The zero-order valence-corrected chi connectivity index (χ0v) is 16.3. The molecule has 1 amide bonds. The Morgan fingerprint density at radius 3 is 2.78 bits per heavy atom. The number of hydrogen-bond donors (Lipinski definition) is 3. The molecule has 2 aromatic carbocycles. The number of fused-ring (bicyclic) bond motifs is 1. The van der Waals surface area contributed by atoms with Gasteiger partial charge in [0.2, 0.25) is 0 Å². The van der Waals surface area contributed by atoms with Gasteiger partial charge in [0.15, 0.2) is 10.9 Å². The van der Waals surface area contributed by atoms with Crippen LogP contribution in [0.2, 0.25) is 5.02 Å². The Morgan fingerprint density at radius 2 is 2.04 bits per heavy atom. The highest BCUT2D eigenvalue weighted by molar-refractivity contribution is 7.80. The minimum absolute atomic E-state index is 0.205. The zero-order valence-electron chi connectivity index (χ0n) is 14.8. The minimum atomic E-state index is -0.433. The van der Waals surface area contributed by atoms with E-state index in [9.17, 15) is 4.79 Å². The van der Waals surface area contributed by atoms with Crippen molar-refractivity contribution in [2.45, 2.75) is 13.8 Å². The Kier molecular flexibility index (Phi) is 5.83. The Hall–Kier alpha value is -2.77. The molecule has 0 saturated carbocycles. The van der Waals surface area contributed by atoms with Crippen LogP contribution in [0, 0.1) is 6.92 Å². The molecular formula is C19H18ClN3O3S. The van der Waals surface area contributed by atoms with E-state index in [-0.39, 0.29) is 10.9 Å². The van der Waals surface area contributed by atoms with Gasteiger partial charge in [0.1, 0.15) is 11.3 Å². The van der Waals surface area contributed by atoms with Gasteiger partial charge in [-0.1, -0.05) is 17.7 Å². The van der Waals surface area contributed by atoms with Crippen LogP contribution in [0.3, 0.4) is 0 Å². The second-order valence-electron chi connectivity index (χ2n) is 5.69. The quantitative estimate of drug-likeness (QED) is 0.442. The highest BCUT2D eigenvalue weighted by Gasteiger charge is 2.18. The first-order valence-electron chi connectivity index (χ1n) is 8.26. The van der Waals surface area contributed by atoms with Gasteiger partial charge in [-0.25, -0.2) is 0 Å². The number of ether oxygens (including phenoxy) is 1. The van der Waals surface area contributed by atoms with Crippen LogP contribution in [0.15, 0.2) is 46.9 Å². The second kappa shape index (κ2) is 8.28. The summed E-state index contributed by atoms with van der Waals surface area (Å²) in [5.74, 6) is 0.500. The van der Waals surface area contributed by atoms with Crippen LogP contribution in [0.4, 0.5) is 5.69 Å². The Labute approximate surface area is 166 Å². The molecule has 0 atom stereocenters. The normalized spacial score (nSPS) is 10.5. The number of amides is 1. The van der Waals surface area contributed by atoms with Crippen LogP contribution in [-0.2, 0) is 0 Å². The molecule has 8 heteroatoms. The Bertz CT molecular complexity index is 1000. The molecule has 0 saturated heterocycles. The van der Waals surface area contributed by atoms with Gasteiger partial charge >= 0.3 is 5.91 Å². The van der Waals surface area contributed by atoms with Gasteiger partial charge in [0.25, 0.3) is 0 Å². The summed E-state index contributed by atoms with van der Waals surface area (Å²) in [6.45, 7) is 4.30. The molecule has 27 heavy (non-hydrogen) atoms. The van der Waals surface area contributed by atoms with Crippen LogP contribution < -0.4 is 20.9 Å². The summed E-state index contributed by atoms with van der Waals surface area (Å²) >= 11 is 11.1. The van der Waals surface area contributed by atoms with E-state index in [4.69, 9.17) is 33.0 Å². The molecule has 0 aliphatic rings. The molecule has 3 rings (SSSR count). The molecule has 0 radical (unpaired) electrons. The molecule has 0 fully saturated rings. The van der Waals surface area contributed by atoms with E-state index in [0.717, 1.165) is 16.7 Å². The molecule has 140 valence electrons. The zero-order chi connectivity index (χ0) is 19.4. The average molecular weight is 404 g/mol. The van der Waals surface area contributed by atoms with Crippen molar-refractivity contribution >= 4 is 51.5 Å². The first-order chi connectivity index (χ1) is 13.0. The van der Waals surface area contributed by atoms with E-state index in [1.165, 1.54) is 0 Å². The van der Waals surface area contributed by atoms with Crippen LogP contribution in [0.25, 0.3) is 11.0 Å². The number of hydrogen-bond acceptors (Lipinski definition) is 4. The molecule has 0 unspecified atom stereocenters. The maximum absolute atomic E-state index is 12.4. The van der Waals surface area contributed by atoms with Crippen LogP contribution in [-0.4, -0.2) is 17.6 Å². The fourth-order valence-corrected chi connectivity index (χ4v) is 2.93. The lowest BCUT2D eigenvalue weighted by molar-refractivity contribution is 0.0917. The molecule has 1 aromatic heterocycles. The van der Waals surface area contributed by atoms with Crippen LogP contribution in [0.5, 0.6) is 5.75 Å². The van der Waals surface area contributed by atoms with Gasteiger partial charge in [-0.05, 0) is 62.5 Å². The van der Waals surface area contributed by atoms with E-state index in [1.54, 1.807) is 36.4 Å². The van der Waals surface area contributed by atoms with Crippen molar-refractivity contribution in [3.63, 3.8) is 0 Å². The Balaban J connectivity index is 1.67. The SMILES string of the molecule is CCOc1ccc2oc(C(=O)NNC(=S)Nc3cccc(Cl)c3)c(C)c2c1. The molecule has 0 spiro atoms. The lowest BCUT2D eigenvalue weighted by atomic mass is 10.1. The molecule has 3 aromatic rings. The van der Waals surface area contributed by atoms with E-state index in [0.29, 0.717) is 22.9 Å². The first kappa shape index (κ1) is 19.0. The van der Waals surface area contributed by atoms with Gasteiger partial charge in [-0.2, -0.15) is 0 Å². The summed E-state index contributed by atoms with van der Waals surface area (Å²) in [7, 11) is 0. The third-order valence-corrected chi connectivity index (χ3v) is 4.24. The third kappa shape index (κ3) is 4.50. The van der Waals surface area contributed by atoms with E-state index in [2.05, 4.69) is 16.2 Å². The fraction of sp³-hybridized carbons (Fsp3) is 0.158. The van der Waals surface area contributed by atoms with Crippen molar-refractivity contribution in [3.8, 4) is 5.75 Å². The molecule has 1 heterocycles. The highest BCUT2D eigenvalue weighted by atomic mass is 35.5. The summed E-state index contributed by atoms with van der Waals surface area (Å²) in [6.07, 6.45) is 0. The van der Waals surface area contributed by atoms with Crippen molar-refractivity contribution in [1.82, 2.24) is 10.9 Å². The number of aryl methyl sites for hydroxylation is 1. The summed E-state index contributed by atoms with van der Waals surface area (Å²) in [5, 5.41) is 4.55. The first-order valence-corrected chi connectivity index (χ1v) is 9.05. The summed E-state index contributed by atoms with van der Waals surface area (Å²) in [4.78, 5) is 12.4. The number of furan rings is 1. The number of anilines is 1. The number of nitrogens with one attached hydrogen (secondary N) is 3. The van der Waals surface area contributed by atoms with Gasteiger partial charge in [-0.3, -0.25) is 15.6 Å². The molecule has 0 bridgehead atoms. The summed E-state index contributed by atoms with van der Waals surface area (Å²) in [6, 6.07) is 12.5. The van der Waals surface area contributed by atoms with Crippen LogP contribution in [0.1, 0.15) is 23.0 Å². The van der Waals surface area contributed by atoms with Crippen molar-refractivity contribution in [3.05, 3.63) is 58.8 Å². The van der Waals surface area contributed by atoms with Crippen molar-refractivity contribution < 1.29 is 13.9 Å². The van der Waals surface area contributed by atoms with E-state index < -0.39 is 5.91 Å². The minimum Gasteiger partial charge on any atom is -0.494 e. The molecule has 3 N–H and O–H groups in total. The largest absolute Gasteiger partial charge is 0.494 e. The number of hydrazine groups is 1. The number of carbonyl (C=O) groups excluding carboxylic acids is 1. The smallest absolute Gasteiger partial charge is 0.305 e. The average Bonchev–Trinajstić information content (AvgIpc) is 2.97. The highest BCUT2D eigenvalue weighted by Crippen LogP contribution is 2.28. The lowest BCUT2D eigenvalue weighted by Gasteiger charge is -2.11. The third-order valence-electron chi connectivity index (χ3n) is 3.80. The number of halogens is 1. The van der Waals surface area contributed by atoms with E-state index in [1.807, 2.05) is 19.9 Å². The van der Waals surface area contributed by atoms with Crippen molar-refractivity contribution in [2.75, 3.05) is 11.9 Å². The lowest BCUT2D eigenvalue weighted by Crippen LogP contribution is -2.43. The second-order valence-corrected chi connectivity index (χ2v) is 6.54. The van der Waals surface area contributed by atoms with Crippen molar-refractivity contribution in [2.24, 2.45) is 0 Å². The molecule has 0 aliphatic heterocycles. The van der Waals surface area contributed by atoms with Gasteiger partial charge in [-0.15, -0.1) is 0 Å². The van der Waals surface area contributed by atoms with Gasteiger partial charge in [0, 0.05) is 21.7 Å². The van der Waals surface area contributed by atoms with Crippen LogP contribution >= 0.6 is 23.8 Å². The number of thiocarbonyl (C=S) groups is 1. The predicted octanol–water partition coefficient (Wildman–Crippen LogP) is 4.42. The molecule has 6 nitrogen and oxygen atoms in total. The number of carbonyl (C=O) groups is 1. The standard InChI is InChI=1S/C19H18ClN3O3S/c1-3-25-14-7-8-16-15(10-14)11(2)17(26-16)18(24)22-23-19(27)21-13-6-4-5-12(20)9-13/h4-10H,3H2,1-2H3,(H,22,24)(H2,21,23,27). The maximum Gasteiger partial charge on any atom is 0.305 e. The monoisotopic (exact) mass is 403 g/mol. The molecule has 0 aliphatic carbocycles. The Morgan fingerprint density at radius 1 is 1.22 bits per heavy atom. The van der Waals surface area contributed by atoms with E-state index >= 15 is 0 Å². The predicted molar refractivity (Wildman–Crippen MR) is 110 cm³/mol. The fourth-order valence-electron chi connectivity index (χ4n) is 2.57. The molecular weight excluding hydrogens is 386 g/mol. The number of rotatable bonds is 4. The number of benzene rings is 2. The topological polar surface area (TPSA) is 75.5 Å². The summed E-state index contributed by atoms with van der Waals surface area (Å²) in [5.41, 5.74) is 7.21. The van der Waals surface area contributed by atoms with Crippen molar-refractivity contribution in [1.29, 1.82) is 0 Å². The summed E-state index contributed by atoms with van der Waals surface area (Å²) < 4.78 is 11.2. The van der Waals surface area contributed by atoms with Gasteiger partial charge < -0.3 is 14.5 Å². The van der Waals surface area contributed by atoms with Gasteiger partial charge in [0.05, 0.1) is 6.61 Å². The maximum atomic E-state index is 12.4.